The van der Waals surface area contributed by atoms with Crippen molar-refractivity contribution in [1.82, 2.24) is 20.1 Å². The molecule has 174 valence electrons. The van der Waals surface area contributed by atoms with Crippen LogP contribution in [0.3, 0.4) is 0 Å². The Labute approximate surface area is 188 Å². The minimum absolute atomic E-state index is 0.0998. The highest BCUT2D eigenvalue weighted by Gasteiger charge is 2.35. The van der Waals surface area contributed by atoms with E-state index in [0.29, 0.717) is 24.1 Å². The van der Waals surface area contributed by atoms with E-state index in [1.165, 1.54) is 18.3 Å². The van der Waals surface area contributed by atoms with E-state index in [4.69, 9.17) is 4.74 Å². The molecule has 4 rings (SSSR count). The number of nitrogens with zero attached hydrogens (tertiary/aromatic N) is 3. The molecule has 7 nitrogen and oxygen atoms in total. The number of halogens is 3. The Morgan fingerprint density at radius 2 is 1.91 bits per heavy atom. The molecule has 0 atom stereocenters. The second kappa shape index (κ2) is 8.86. The highest BCUT2D eigenvalue weighted by atomic mass is 19.4. The molecular weight excluding hydrogens is 437 g/mol. The lowest BCUT2D eigenvalue weighted by Crippen LogP contribution is -2.49. The number of ether oxygens (including phenoxy) is 1. The summed E-state index contributed by atoms with van der Waals surface area (Å²) in [5, 5.41) is 17.1. The van der Waals surface area contributed by atoms with Crippen molar-refractivity contribution in [1.29, 1.82) is 0 Å². The van der Waals surface area contributed by atoms with Gasteiger partial charge >= 0.3 is 6.18 Å². The highest BCUT2D eigenvalue weighted by Crippen LogP contribution is 2.35. The summed E-state index contributed by atoms with van der Waals surface area (Å²) in [6.07, 6.45) is 1.85. The van der Waals surface area contributed by atoms with Crippen LogP contribution in [0.25, 0.3) is 11.3 Å². The molecule has 2 aromatic heterocycles. The van der Waals surface area contributed by atoms with E-state index in [0.717, 1.165) is 25.0 Å². The second-order valence-electron chi connectivity index (χ2n) is 8.18. The van der Waals surface area contributed by atoms with Gasteiger partial charge in [0.2, 0.25) is 5.88 Å². The fourth-order valence-corrected chi connectivity index (χ4v) is 3.91. The van der Waals surface area contributed by atoms with E-state index in [9.17, 15) is 23.1 Å². The van der Waals surface area contributed by atoms with Crippen LogP contribution in [0.4, 0.5) is 13.2 Å². The SMILES string of the molecule is Cn1ccc(-c2cc(C(=O)NC3(CO)CCCC3)cnc2Oc2ccc(C(F)(F)F)cc2)n1. The first-order valence-electron chi connectivity index (χ1n) is 10.5. The van der Waals surface area contributed by atoms with Crippen LogP contribution < -0.4 is 10.1 Å². The van der Waals surface area contributed by atoms with Crippen LogP contribution in [-0.4, -0.2) is 37.9 Å². The maximum absolute atomic E-state index is 12.9. The molecule has 1 saturated carbocycles. The number of aromatic nitrogens is 3. The molecule has 0 aliphatic heterocycles. The van der Waals surface area contributed by atoms with Gasteiger partial charge in [-0.2, -0.15) is 18.3 Å². The Hall–Kier alpha value is -3.40. The van der Waals surface area contributed by atoms with Crippen molar-refractivity contribution in [3.05, 3.63) is 59.9 Å². The van der Waals surface area contributed by atoms with E-state index in [1.54, 1.807) is 30.1 Å². The average molecular weight is 460 g/mol. The normalized spacial score (nSPS) is 15.4. The van der Waals surface area contributed by atoms with Gasteiger partial charge in [0, 0.05) is 19.4 Å². The molecule has 0 unspecified atom stereocenters. The molecule has 10 heteroatoms. The fourth-order valence-electron chi connectivity index (χ4n) is 3.91. The molecule has 2 N–H and O–H groups in total. The molecule has 0 saturated heterocycles. The lowest BCUT2D eigenvalue weighted by molar-refractivity contribution is -0.137. The molecule has 1 aromatic carbocycles. The van der Waals surface area contributed by atoms with Gasteiger partial charge in [-0.1, -0.05) is 12.8 Å². The molecule has 33 heavy (non-hydrogen) atoms. The molecule has 0 radical (unpaired) electrons. The summed E-state index contributed by atoms with van der Waals surface area (Å²) < 4.78 is 45.8. The Kier molecular flexibility index (Phi) is 6.11. The Balaban J connectivity index is 1.64. The first-order valence-corrected chi connectivity index (χ1v) is 10.5. The fraction of sp³-hybridized carbons (Fsp3) is 0.348. The second-order valence-corrected chi connectivity index (χ2v) is 8.18. The summed E-state index contributed by atoms with van der Waals surface area (Å²) in [6.45, 7) is -0.144. The Morgan fingerprint density at radius 1 is 1.21 bits per heavy atom. The number of aliphatic hydroxyl groups excluding tert-OH is 1. The number of alkyl halides is 3. The van der Waals surface area contributed by atoms with Crippen LogP contribution >= 0.6 is 0 Å². The molecular formula is C23H23F3N4O3. The van der Waals surface area contributed by atoms with Gasteiger partial charge in [0.25, 0.3) is 5.91 Å². The van der Waals surface area contributed by atoms with Gasteiger partial charge in [-0.25, -0.2) is 4.98 Å². The quantitative estimate of drug-likeness (QED) is 0.572. The number of benzene rings is 1. The smallest absolute Gasteiger partial charge is 0.416 e. The van der Waals surface area contributed by atoms with Gasteiger partial charge in [-0.3, -0.25) is 9.48 Å². The topological polar surface area (TPSA) is 89.3 Å². The van der Waals surface area contributed by atoms with Gasteiger partial charge in [-0.05, 0) is 49.2 Å². The summed E-state index contributed by atoms with van der Waals surface area (Å²) in [4.78, 5) is 17.2. The number of rotatable bonds is 6. The largest absolute Gasteiger partial charge is 0.438 e. The maximum Gasteiger partial charge on any atom is 0.416 e. The van der Waals surface area contributed by atoms with Gasteiger partial charge in [0.1, 0.15) is 5.75 Å². The van der Waals surface area contributed by atoms with E-state index in [1.807, 2.05) is 0 Å². The number of nitrogens with one attached hydrogen (secondary N) is 1. The highest BCUT2D eigenvalue weighted by molar-refractivity contribution is 5.96. The number of pyridine rings is 1. The first kappa shape index (κ1) is 22.8. The van der Waals surface area contributed by atoms with E-state index >= 15 is 0 Å². The van der Waals surface area contributed by atoms with Crippen molar-refractivity contribution in [3.63, 3.8) is 0 Å². The van der Waals surface area contributed by atoms with Crippen LogP contribution in [0.1, 0.15) is 41.6 Å². The minimum Gasteiger partial charge on any atom is -0.438 e. The number of aryl methyl sites for hydroxylation is 1. The van der Waals surface area contributed by atoms with Crippen LogP contribution in [-0.2, 0) is 13.2 Å². The molecule has 1 fully saturated rings. The third kappa shape index (κ3) is 5.00. The number of amides is 1. The summed E-state index contributed by atoms with van der Waals surface area (Å²) >= 11 is 0. The van der Waals surface area contributed by atoms with Gasteiger partial charge < -0.3 is 15.2 Å². The van der Waals surface area contributed by atoms with Gasteiger partial charge in [0.05, 0.1) is 34.5 Å². The predicted molar refractivity (Wildman–Crippen MR) is 114 cm³/mol. The van der Waals surface area contributed by atoms with Gasteiger partial charge in [0.15, 0.2) is 0 Å². The summed E-state index contributed by atoms with van der Waals surface area (Å²) in [5.41, 5.74) is -0.274. The molecule has 1 aliphatic rings. The average Bonchev–Trinajstić information content (AvgIpc) is 3.43. The Morgan fingerprint density at radius 3 is 2.48 bits per heavy atom. The third-order valence-electron chi connectivity index (χ3n) is 5.74. The summed E-state index contributed by atoms with van der Waals surface area (Å²) in [7, 11) is 1.73. The van der Waals surface area contributed by atoms with Crippen molar-refractivity contribution in [2.75, 3.05) is 6.61 Å². The monoisotopic (exact) mass is 460 g/mol. The van der Waals surface area contributed by atoms with E-state index < -0.39 is 17.3 Å². The molecule has 2 heterocycles. The van der Waals surface area contributed by atoms with E-state index in [-0.39, 0.29) is 29.7 Å². The predicted octanol–water partition coefficient (Wildman–Crippen LogP) is 4.33. The lowest BCUT2D eigenvalue weighted by atomic mass is 9.98. The number of hydrogen-bond acceptors (Lipinski definition) is 5. The third-order valence-corrected chi connectivity index (χ3v) is 5.74. The van der Waals surface area contributed by atoms with Crippen LogP contribution in [0.5, 0.6) is 11.6 Å². The number of aliphatic hydroxyl groups is 1. The molecule has 1 amide bonds. The molecule has 3 aromatic rings. The van der Waals surface area contributed by atoms with Crippen LogP contribution in [0.2, 0.25) is 0 Å². The Bertz CT molecular complexity index is 1140. The lowest BCUT2D eigenvalue weighted by Gasteiger charge is -2.28. The van der Waals surface area contributed by atoms with Crippen molar-refractivity contribution in [2.24, 2.45) is 7.05 Å². The zero-order chi connectivity index (χ0) is 23.6. The number of carbonyl (C=O) groups excluding carboxylic acids is 1. The van der Waals surface area contributed by atoms with Crippen molar-refractivity contribution in [2.45, 2.75) is 37.4 Å². The van der Waals surface area contributed by atoms with E-state index in [2.05, 4.69) is 15.4 Å². The number of carbonyl (C=O) groups is 1. The van der Waals surface area contributed by atoms with Crippen LogP contribution in [0.15, 0.2) is 48.8 Å². The van der Waals surface area contributed by atoms with Crippen molar-refractivity contribution in [3.8, 4) is 22.9 Å². The maximum atomic E-state index is 12.9. The standard InChI is InChI=1S/C23H23F3N4O3/c1-30-11-8-19(29-30)18-12-15(20(32)28-22(14-31)9-2-3-10-22)13-27-21(18)33-17-6-4-16(5-7-17)23(24,25)26/h4-8,11-13,31H,2-3,9-10,14H2,1H3,(H,28,32). The summed E-state index contributed by atoms with van der Waals surface area (Å²) in [5.74, 6) is -0.116. The molecule has 1 aliphatic carbocycles. The first-order chi connectivity index (χ1) is 15.7. The molecule has 0 spiro atoms. The molecule has 0 bridgehead atoms. The summed E-state index contributed by atoms with van der Waals surface area (Å²) in [6, 6.07) is 7.55. The zero-order valence-electron chi connectivity index (χ0n) is 17.9. The van der Waals surface area contributed by atoms with Crippen molar-refractivity contribution >= 4 is 5.91 Å². The minimum atomic E-state index is -4.45. The van der Waals surface area contributed by atoms with Crippen molar-refractivity contribution < 1.29 is 27.8 Å². The zero-order valence-corrected chi connectivity index (χ0v) is 17.9. The van der Waals surface area contributed by atoms with Gasteiger partial charge in [-0.15, -0.1) is 0 Å². The van der Waals surface area contributed by atoms with Crippen LogP contribution in [0, 0.1) is 0 Å². The number of hydrogen-bond donors (Lipinski definition) is 2.